The molecule has 96 valence electrons. The number of thiazole rings is 1. The standard InChI is InChI=1S/C13H9BrFN3S/c14-8-5-7(1-2-9(8)15)18-10-3-4-11-13(12(10)16)17-6-19-11/h1-6,18H,16H2. The van der Waals surface area contributed by atoms with E-state index in [4.69, 9.17) is 5.73 Å². The number of fused-ring (bicyclic) bond motifs is 1. The summed E-state index contributed by atoms with van der Waals surface area (Å²) in [5.74, 6) is -0.298. The van der Waals surface area contributed by atoms with Crippen LogP contribution in [0.2, 0.25) is 0 Å². The topological polar surface area (TPSA) is 50.9 Å². The van der Waals surface area contributed by atoms with Crippen LogP contribution < -0.4 is 11.1 Å². The zero-order chi connectivity index (χ0) is 13.4. The van der Waals surface area contributed by atoms with Crippen molar-refractivity contribution >= 4 is 54.5 Å². The first-order valence-electron chi connectivity index (χ1n) is 5.49. The van der Waals surface area contributed by atoms with Crippen LogP contribution in [0.15, 0.2) is 40.3 Å². The van der Waals surface area contributed by atoms with Crippen LogP contribution in [-0.2, 0) is 0 Å². The molecule has 0 radical (unpaired) electrons. The normalized spacial score (nSPS) is 10.8. The molecule has 0 saturated heterocycles. The predicted molar refractivity (Wildman–Crippen MR) is 81.4 cm³/mol. The molecule has 3 aromatic rings. The van der Waals surface area contributed by atoms with Gasteiger partial charge in [0.2, 0.25) is 0 Å². The molecule has 3 rings (SSSR count). The van der Waals surface area contributed by atoms with Crippen LogP contribution in [0.4, 0.5) is 21.5 Å². The molecule has 19 heavy (non-hydrogen) atoms. The SMILES string of the molecule is Nc1c(Nc2ccc(F)c(Br)c2)ccc2scnc12. The van der Waals surface area contributed by atoms with Crippen molar-refractivity contribution in [3.63, 3.8) is 0 Å². The minimum Gasteiger partial charge on any atom is -0.395 e. The van der Waals surface area contributed by atoms with Gasteiger partial charge in [0.15, 0.2) is 0 Å². The van der Waals surface area contributed by atoms with Crippen molar-refractivity contribution < 1.29 is 4.39 Å². The average Bonchev–Trinajstić information content (AvgIpc) is 2.86. The van der Waals surface area contributed by atoms with Gasteiger partial charge < -0.3 is 11.1 Å². The lowest BCUT2D eigenvalue weighted by Crippen LogP contribution is -1.97. The van der Waals surface area contributed by atoms with E-state index in [1.54, 1.807) is 29.0 Å². The summed E-state index contributed by atoms with van der Waals surface area (Å²) in [6, 6.07) is 8.58. The molecule has 0 aliphatic heterocycles. The molecular weight excluding hydrogens is 329 g/mol. The second-order valence-electron chi connectivity index (χ2n) is 3.98. The summed E-state index contributed by atoms with van der Waals surface area (Å²) in [4.78, 5) is 4.24. The average molecular weight is 338 g/mol. The minimum atomic E-state index is -0.298. The van der Waals surface area contributed by atoms with E-state index >= 15 is 0 Å². The lowest BCUT2D eigenvalue weighted by molar-refractivity contribution is 0.621. The number of halogens is 2. The summed E-state index contributed by atoms with van der Waals surface area (Å²) in [7, 11) is 0. The second-order valence-corrected chi connectivity index (χ2v) is 5.72. The van der Waals surface area contributed by atoms with E-state index in [0.717, 1.165) is 21.6 Å². The summed E-state index contributed by atoms with van der Waals surface area (Å²) < 4.78 is 14.6. The fourth-order valence-electron chi connectivity index (χ4n) is 1.79. The number of rotatable bonds is 2. The van der Waals surface area contributed by atoms with Gasteiger partial charge in [-0.25, -0.2) is 9.37 Å². The Balaban J connectivity index is 2.00. The Morgan fingerprint density at radius 2 is 2.11 bits per heavy atom. The van der Waals surface area contributed by atoms with Gasteiger partial charge in [-0.15, -0.1) is 11.3 Å². The van der Waals surface area contributed by atoms with Crippen molar-refractivity contribution in [2.24, 2.45) is 0 Å². The fraction of sp³-hybridized carbons (Fsp3) is 0. The first kappa shape index (κ1) is 12.4. The molecule has 0 spiro atoms. The van der Waals surface area contributed by atoms with Crippen LogP contribution in [-0.4, -0.2) is 4.98 Å². The predicted octanol–water partition coefficient (Wildman–Crippen LogP) is 4.52. The maximum absolute atomic E-state index is 13.2. The number of nitrogens with two attached hydrogens (primary N) is 1. The molecule has 3 N–H and O–H groups in total. The first-order chi connectivity index (χ1) is 9.15. The number of nitrogens with one attached hydrogen (secondary N) is 1. The third-order valence-corrected chi connectivity index (χ3v) is 4.14. The van der Waals surface area contributed by atoms with Crippen LogP contribution in [0.1, 0.15) is 0 Å². The molecule has 0 aliphatic rings. The van der Waals surface area contributed by atoms with E-state index in [2.05, 4.69) is 26.2 Å². The van der Waals surface area contributed by atoms with Crippen molar-refractivity contribution in [1.29, 1.82) is 0 Å². The molecule has 0 amide bonds. The number of hydrogen-bond donors (Lipinski definition) is 2. The number of nitrogens with zero attached hydrogens (tertiary/aromatic N) is 1. The van der Waals surface area contributed by atoms with E-state index in [9.17, 15) is 4.39 Å². The van der Waals surface area contributed by atoms with Crippen molar-refractivity contribution in [1.82, 2.24) is 4.98 Å². The van der Waals surface area contributed by atoms with E-state index in [1.165, 1.54) is 6.07 Å². The first-order valence-corrected chi connectivity index (χ1v) is 7.16. The third kappa shape index (κ3) is 2.29. The molecular formula is C13H9BrFN3S. The highest BCUT2D eigenvalue weighted by atomic mass is 79.9. The van der Waals surface area contributed by atoms with Crippen LogP contribution in [0, 0.1) is 5.82 Å². The Hall–Kier alpha value is -1.66. The highest BCUT2D eigenvalue weighted by Crippen LogP contribution is 2.32. The summed E-state index contributed by atoms with van der Waals surface area (Å²) >= 11 is 4.70. The summed E-state index contributed by atoms with van der Waals surface area (Å²) in [6.07, 6.45) is 0. The number of hydrogen-bond acceptors (Lipinski definition) is 4. The van der Waals surface area contributed by atoms with Gasteiger partial charge in [0.05, 0.1) is 26.1 Å². The molecule has 0 atom stereocenters. The summed E-state index contributed by atoms with van der Waals surface area (Å²) in [5.41, 5.74) is 10.7. The van der Waals surface area contributed by atoms with Crippen LogP contribution in [0.25, 0.3) is 10.2 Å². The highest BCUT2D eigenvalue weighted by Gasteiger charge is 2.08. The van der Waals surface area contributed by atoms with Crippen LogP contribution in [0.5, 0.6) is 0 Å². The van der Waals surface area contributed by atoms with E-state index in [0.29, 0.717) is 10.2 Å². The van der Waals surface area contributed by atoms with Crippen molar-refractivity contribution in [3.05, 3.63) is 46.1 Å². The van der Waals surface area contributed by atoms with Gasteiger partial charge in [-0.2, -0.15) is 0 Å². The molecule has 1 heterocycles. The Morgan fingerprint density at radius 3 is 2.89 bits per heavy atom. The third-order valence-electron chi connectivity index (χ3n) is 2.74. The number of benzene rings is 2. The summed E-state index contributed by atoms with van der Waals surface area (Å²) in [5, 5.41) is 3.17. The largest absolute Gasteiger partial charge is 0.395 e. The van der Waals surface area contributed by atoms with E-state index in [1.807, 2.05) is 12.1 Å². The Kier molecular flexibility index (Phi) is 3.12. The number of nitrogen functional groups attached to an aromatic ring is 1. The lowest BCUT2D eigenvalue weighted by atomic mass is 10.2. The van der Waals surface area contributed by atoms with Crippen molar-refractivity contribution in [2.75, 3.05) is 11.1 Å². The van der Waals surface area contributed by atoms with Gasteiger partial charge in [0.1, 0.15) is 11.3 Å². The fourth-order valence-corrected chi connectivity index (χ4v) is 2.86. The van der Waals surface area contributed by atoms with Gasteiger partial charge in [0, 0.05) is 5.69 Å². The van der Waals surface area contributed by atoms with Gasteiger partial charge in [-0.1, -0.05) is 0 Å². The van der Waals surface area contributed by atoms with E-state index in [-0.39, 0.29) is 5.82 Å². The molecule has 0 bridgehead atoms. The second kappa shape index (κ2) is 4.79. The maximum atomic E-state index is 13.2. The maximum Gasteiger partial charge on any atom is 0.137 e. The van der Waals surface area contributed by atoms with Crippen molar-refractivity contribution in [2.45, 2.75) is 0 Å². The van der Waals surface area contributed by atoms with E-state index < -0.39 is 0 Å². The molecule has 0 saturated carbocycles. The zero-order valence-electron chi connectivity index (χ0n) is 9.65. The Morgan fingerprint density at radius 1 is 1.26 bits per heavy atom. The number of anilines is 3. The van der Waals surface area contributed by atoms with Crippen LogP contribution in [0.3, 0.4) is 0 Å². The smallest absolute Gasteiger partial charge is 0.137 e. The van der Waals surface area contributed by atoms with Gasteiger partial charge in [-0.3, -0.25) is 0 Å². The zero-order valence-corrected chi connectivity index (χ0v) is 12.1. The van der Waals surface area contributed by atoms with Crippen LogP contribution >= 0.6 is 27.3 Å². The van der Waals surface area contributed by atoms with Gasteiger partial charge in [-0.05, 0) is 46.3 Å². The number of aromatic nitrogens is 1. The monoisotopic (exact) mass is 337 g/mol. The molecule has 2 aromatic carbocycles. The molecule has 1 aromatic heterocycles. The Bertz CT molecular complexity index is 757. The molecule has 0 unspecified atom stereocenters. The molecule has 6 heteroatoms. The quantitative estimate of drug-likeness (QED) is 0.675. The molecule has 0 fully saturated rings. The minimum absolute atomic E-state index is 0.298. The van der Waals surface area contributed by atoms with Crippen molar-refractivity contribution in [3.8, 4) is 0 Å². The van der Waals surface area contributed by atoms with Gasteiger partial charge in [0.25, 0.3) is 0 Å². The molecule has 0 aliphatic carbocycles. The Labute approximate surface area is 121 Å². The summed E-state index contributed by atoms with van der Waals surface area (Å²) in [6.45, 7) is 0. The lowest BCUT2D eigenvalue weighted by Gasteiger charge is -2.10. The highest BCUT2D eigenvalue weighted by molar-refractivity contribution is 9.10. The molecule has 3 nitrogen and oxygen atoms in total. The van der Waals surface area contributed by atoms with Gasteiger partial charge >= 0.3 is 0 Å².